The number of aromatic nitrogens is 3. The van der Waals surface area contributed by atoms with E-state index in [-0.39, 0.29) is 17.7 Å². The van der Waals surface area contributed by atoms with E-state index in [1.807, 2.05) is 36.5 Å². The first-order valence-corrected chi connectivity index (χ1v) is 13.1. The van der Waals surface area contributed by atoms with Crippen molar-refractivity contribution in [3.05, 3.63) is 59.0 Å². The molecule has 1 aromatic carbocycles. The second kappa shape index (κ2) is 12.9. The first-order valence-electron chi connectivity index (χ1n) is 12.3. The van der Waals surface area contributed by atoms with Crippen molar-refractivity contribution < 1.29 is 14.7 Å². The highest BCUT2D eigenvalue weighted by molar-refractivity contribution is 8.00. The normalized spacial score (nSPS) is 17.4. The van der Waals surface area contributed by atoms with Crippen molar-refractivity contribution in [2.75, 3.05) is 32.7 Å². The average Bonchev–Trinajstić information content (AvgIpc) is 3.49. The lowest BCUT2D eigenvalue weighted by molar-refractivity contribution is -0.119. The molecule has 2 amide bonds. The monoisotopic (exact) mass is 514 g/mol. The molecule has 0 saturated carbocycles. The Morgan fingerprint density at radius 3 is 2.56 bits per heavy atom. The minimum Gasteiger partial charge on any atom is -0.393 e. The Labute approximate surface area is 215 Å². The lowest BCUT2D eigenvalue weighted by atomic mass is 10.1. The predicted molar refractivity (Wildman–Crippen MR) is 137 cm³/mol. The number of rotatable bonds is 12. The van der Waals surface area contributed by atoms with Gasteiger partial charge in [0, 0.05) is 45.5 Å². The van der Waals surface area contributed by atoms with E-state index in [2.05, 4.69) is 30.0 Å². The number of aliphatic hydroxyl groups is 1. The fourth-order valence-corrected chi connectivity index (χ4v) is 5.20. The molecule has 1 fully saturated rings. The van der Waals surface area contributed by atoms with Crippen LogP contribution in [0.4, 0.5) is 0 Å². The van der Waals surface area contributed by atoms with Crippen LogP contribution in [0.3, 0.4) is 0 Å². The van der Waals surface area contributed by atoms with Gasteiger partial charge in [0.05, 0.1) is 18.7 Å². The van der Waals surface area contributed by atoms with E-state index in [1.54, 1.807) is 10.9 Å². The molecule has 0 radical (unpaired) electrons. The van der Waals surface area contributed by atoms with Crippen LogP contribution in [0.1, 0.15) is 41.7 Å². The zero-order chi connectivity index (χ0) is 25.3. The van der Waals surface area contributed by atoms with E-state index in [9.17, 15) is 14.7 Å². The summed E-state index contributed by atoms with van der Waals surface area (Å²) < 4.78 is 3.81. The molecule has 0 spiro atoms. The van der Waals surface area contributed by atoms with Gasteiger partial charge in [-0.3, -0.25) is 19.3 Å². The third-order valence-electron chi connectivity index (χ3n) is 6.21. The van der Waals surface area contributed by atoms with Crippen molar-refractivity contribution in [2.24, 2.45) is 5.73 Å². The molecule has 3 heterocycles. The number of benzene rings is 1. The highest BCUT2D eigenvalue weighted by Crippen LogP contribution is 2.30. The fraction of sp³-hybridized carbons (Fsp3) is 0.500. The predicted octanol–water partition coefficient (Wildman–Crippen LogP) is 0.952. The lowest BCUT2D eigenvalue weighted by Crippen LogP contribution is -2.42. The molecular weight excluding hydrogens is 480 g/mol. The first kappa shape index (κ1) is 26.1. The van der Waals surface area contributed by atoms with Gasteiger partial charge in [-0.1, -0.05) is 35.5 Å². The summed E-state index contributed by atoms with van der Waals surface area (Å²) >= 11 is 1.53. The number of hydrazine groups is 1. The molecule has 4 rings (SSSR count). The van der Waals surface area contributed by atoms with Crippen LogP contribution >= 0.6 is 11.9 Å². The molecule has 2 aliphatic rings. The quantitative estimate of drug-likeness (QED) is 0.280. The summed E-state index contributed by atoms with van der Waals surface area (Å²) in [4.78, 5) is 26.2. The zero-order valence-corrected chi connectivity index (χ0v) is 21.1. The van der Waals surface area contributed by atoms with Gasteiger partial charge < -0.3 is 21.1 Å². The summed E-state index contributed by atoms with van der Waals surface area (Å²) in [6.45, 7) is 4.92. The summed E-state index contributed by atoms with van der Waals surface area (Å²) in [7, 11) is 0. The Morgan fingerprint density at radius 1 is 1.08 bits per heavy atom. The van der Waals surface area contributed by atoms with Crippen LogP contribution in [0.15, 0.2) is 47.8 Å². The number of hydrogen-bond donors (Lipinski definition) is 3. The highest BCUT2D eigenvalue weighted by Gasteiger charge is 2.25. The second-order valence-electron chi connectivity index (χ2n) is 9.05. The minimum atomic E-state index is -0.582. The molecule has 11 nitrogen and oxygen atoms in total. The molecular formula is C24H34N8O3S. The number of carbonyl (C=O) groups is 2. The van der Waals surface area contributed by atoms with Gasteiger partial charge in [0.25, 0.3) is 5.91 Å². The number of hydrogen-bond acceptors (Lipinski definition) is 9. The first-order chi connectivity index (χ1) is 17.5. The van der Waals surface area contributed by atoms with E-state index in [1.165, 1.54) is 11.9 Å². The maximum atomic E-state index is 12.6. The topological polar surface area (TPSA) is 133 Å². The molecule has 2 aromatic rings. The molecule has 194 valence electrons. The molecule has 1 saturated heterocycles. The molecule has 1 aromatic heterocycles. The van der Waals surface area contributed by atoms with Crippen molar-refractivity contribution in [3.8, 4) is 0 Å². The van der Waals surface area contributed by atoms with Crippen molar-refractivity contribution >= 4 is 23.8 Å². The van der Waals surface area contributed by atoms with Crippen LogP contribution in [0, 0.1) is 0 Å². The summed E-state index contributed by atoms with van der Waals surface area (Å²) in [5, 5.41) is 23.5. The summed E-state index contributed by atoms with van der Waals surface area (Å²) in [6, 6.07) is 9.71. The van der Waals surface area contributed by atoms with E-state index >= 15 is 0 Å². The van der Waals surface area contributed by atoms with Gasteiger partial charge >= 0.3 is 0 Å². The third-order valence-corrected chi connectivity index (χ3v) is 7.21. The summed E-state index contributed by atoms with van der Waals surface area (Å²) in [5.41, 5.74) is 6.39. The van der Waals surface area contributed by atoms with Crippen molar-refractivity contribution in [3.63, 3.8) is 0 Å². The molecule has 2 aliphatic heterocycles. The number of primary amides is 1. The number of piperidine rings is 1. The zero-order valence-electron chi connectivity index (χ0n) is 20.3. The highest BCUT2D eigenvalue weighted by atomic mass is 32.2. The standard InChI is InChI=1S/C24H34N8O3S/c25-24(35)21-17-30(28-27-21)10-4-5-11-32-31(15-14-29-12-8-20(33)9-13-29)18-23(36-32)26-22(34)16-19-6-2-1-3-7-19/h1-3,6-7,17-18,20,33H,4-5,8-16H2,(H2,25,35)(H,26,34). The number of nitrogens with one attached hydrogen (secondary N) is 1. The Morgan fingerprint density at radius 2 is 1.83 bits per heavy atom. The largest absolute Gasteiger partial charge is 0.393 e. The molecule has 0 atom stereocenters. The number of nitrogens with two attached hydrogens (primary N) is 1. The van der Waals surface area contributed by atoms with Crippen molar-refractivity contribution in [2.45, 2.75) is 44.8 Å². The van der Waals surface area contributed by atoms with E-state index < -0.39 is 5.91 Å². The van der Waals surface area contributed by atoms with Crippen LogP contribution in [0.2, 0.25) is 0 Å². The molecule has 0 aliphatic carbocycles. The van der Waals surface area contributed by atoms with Gasteiger partial charge in [0.2, 0.25) is 5.91 Å². The van der Waals surface area contributed by atoms with Crippen LogP contribution in [-0.4, -0.2) is 85.1 Å². The third kappa shape index (κ3) is 7.79. The maximum Gasteiger partial charge on any atom is 0.270 e. The number of nitrogens with zero attached hydrogens (tertiary/aromatic N) is 6. The molecule has 0 unspecified atom stereocenters. The fourth-order valence-electron chi connectivity index (χ4n) is 4.19. The van der Waals surface area contributed by atoms with Crippen LogP contribution in [-0.2, 0) is 17.8 Å². The molecule has 4 N–H and O–H groups in total. The molecule has 36 heavy (non-hydrogen) atoms. The number of aliphatic hydroxyl groups excluding tert-OH is 1. The average molecular weight is 515 g/mol. The van der Waals surface area contributed by atoms with Crippen molar-refractivity contribution in [1.82, 2.24) is 34.6 Å². The number of unbranched alkanes of at least 4 members (excludes halogenated alkanes) is 1. The van der Waals surface area contributed by atoms with Gasteiger partial charge in [-0.05, 0) is 43.2 Å². The number of carbonyl (C=O) groups excluding carboxylic acids is 2. The number of likely N-dealkylation sites (tertiary alicyclic amines) is 1. The lowest BCUT2D eigenvalue weighted by Gasteiger charge is -2.33. The van der Waals surface area contributed by atoms with Gasteiger partial charge in [-0.2, -0.15) is 4.41 Å². The van der Waals surface area contributed by atoms with Crippen molar-refractivity contribution in [1.29, 1.82) is 0 Å². The number of amides is 2. The Hall–Kier alpha value is -2.93. The van der Waals surface area contributed by atoms with E-state index in [0.29, 0.717) is 13.0 Å². The number of aryl methyl sites for hydroxylation is 1. The second-order valence-corrected chi connectivity index (χ2v) is 10.1. The molecule has 12 heteroatoms. The van der Waals surface area contributed by atoms with Crippen LogP contribution in [0.5, 0.6) is 0 Å². The van der Waals surface area contributed by atoms with E-state index in [0.717, 1.165) is 69.0 Å². The summed E-state index contributed by atoms with van der Waals surface area (Å²) in [6.07, 6.45) is 7.09. The van der Waals surface area contributed by atoms with E-state index in [4.69, 9.17) is 5.73 Å². The van der Waals surface area contributed by atoms with Gasteiger partial charge in [-0.15, -0.1) is 5.10 Å². The smallest absolute Gasteiger partial charge is 0.270 e. The Kier molecular flexibility index (Phi) is 9.34. The molecule has 0 bridgehead atoms. The Bertz CT molecular complexity index is 1040. The van der Waals surface area contributed by atoms with Gasteiger partial charge in [0.15, 0.2) is 5.69 Å². The van der Waals surface area contributed by atoms with Gasteiger partial charge in [-0.25, -0.2) is 0 Å². The SMILES string of the molecule is NC(=O)c1cn(CCCCN2SC(NC(=O)Cc3ccccc3)=CN2CCN2CCC(O)CC2)nn1. The van der Waals surface area contributed by atoms with Gasteiger partial charge in [0.1, 0.15) is 5.03 Å². The minimum absolute atomic E-state index is 0.0387. The summed E-state index contributed by atoms with van der Waals surface area (Å²) in [5.74, 6) is -0.621. The Balaban J connectivity index is 1.28. The van der Waals surface area contributed by atoms with Crippen LogP contribution < -0.4 is 11.1 Å². The van der Waals surface area contributed by atoms with Crippen LogP contribution in [0.25, 0.3) is 0 Å². The maximum absolute atomic E-state index is 12.6.